The monoisotopic (exact) mass is 332 g/mol. The van der Waals surface area contributed by atoms with E-state index in [1.807, 2.05) is 0 Å². The van der Waals surface area contributed by atoms with Crippen LogP contribution < -0.4 is 9.47 Å². The molecular formula is C17H16O7. The van der Waals surface area contributed by atoms with Gasteiger partial charge in [0.15, 0.2) is 28.8 Å². The van der Waals surface area contributed by atoms with Gasteiger partial charge in [-0.3, -0.25) is 4.79 Å². The number of Topliss-reactive ketones (excluding diaryl/α,β-unsaturated/α-hetero) is 1. The van der Waals surface area contributed by atoms with Crippen molar-refractivity contribution in [3.8, 4) is 34.5 Å². The van der Waals surface area contributed by atoms with Crippen LogP contribution in [0.5, 0.6) is 34.5 Å². The summed E-state index contributed by atoms with van der Waals surface area (Å²) in [6.45, 7) is 0.0681. The van der Waals surface area contributed by atoms with Crippen molar-refractivity contribution >= 4 is 5.78 Å². The molecule has 1 aliphatic heterocycles. The van der Waals surface area contributed by atoms with Crippen LogP contribution in [0.4, 0.5) is 0 Å². The van der Waals surface area contributed by atoms with Crippen molar-refractivity contribution in [2.24, 2.45) is 5.92 Å². The van der Waals surface area contributed by atoms with E-state index >= 15 is 0 Å². The summed E-state index contributed by atoms with van der Waals surface area (Å²) < 4.78 is 10.4. The van der Waals surface area contributed by atoms with E-state index in [2.05, 4.69) is 0 Å². The van der Waals surface area contributed by atoms with Gasteiger partial charge in [0.05, 0.1) is 19.6 Å². The van der Waals surface area contributed by atoms with Crippen molar-refractivity contribution in [3.63, 3.8) is 0 Å². The fraction of sp³-hybridized carbons (Fsp3) is 0.235. The third-order valence-corrected chi connectivity index (χ3v) is 3.98. The van der Waals surface area contributed by atoms with E-state index in [4.69, 9.17) is 9.47 Å². The van der Waals surface area contributed by atoms with E-state index < -0.39 is 11.7 Å². The highest BCUT2D eigenvalue weighted by molar-refractivity contribution is 6.05. The average molecular weight is 332 g/mol. The summed E-state index contributed by atoms with van der Waals surface area (Å²) >= 11 is 0. The normalized spacial score (nSPS) is 16.4. The number of carbonyl (C=O) groups is 1. The molecule has 0 bridgehead atoms. The fourth-order valence-electron chi connectivity index (χ4n) is 2.77. The summed E-state index contributed by atoms with van der Waals surface area (Å²) in [6.07, 6.45) is 0.259. The van der Waals surface area contributed by atoms with E-state index in [-0.39, 0.29) is 53.1 Å². The van der Waals surface area contributed by atoms with Crippen LogP contribution in [0.25, 0.3) is 0 Å². The molecule has 0 unspecified atom stereocenters. The Kier molecular flexibility index (Phi) is 3.84. The van der Waals surface area contributed by atoms with E-state index in [9.17, 15) is 25.2 Å². The van der Waals surface area contributed by atoms with E-state index in [1.54, 1.807) is 6.07 Å². The zero-order valence-corrected chi connectivity index (χ0v) is 12.8. The first kappa shape index (κ1) is 15.8. The number of ether oxygens (including phenoxy) is 2. The Balaban J connectivity index is 1.93. The number of fused-ring (bicyclic) bond motifs is 1. The first-order chi connectivity index (χ1) is 11.4. The highest BCUT2D eigenvalue weighted by Gasteiger charge is 2.34. The van der Waals surface area contributed by atoms with Gasteiger partial charge in [-0.15, -0.1) is 0 Å². The standard InChI is InChI=1S/C17H16O7/c1-23-17-12(20)6-13-14(16(17)22)15(21)9(7-24-13)4-8-2-3-10(18)11(19)5-8/h2-3,5-6,9,18-20,22H,4,7H2,1H3/t9-/m1/s1. The van der Waals surface area contributed by atoms with Gasteiger partial charge in [0.2, 0.25) is 5.75 Å². The van der Waals surface area contributed by atoms with Crippen LogP contribution in [0.1, 0.15) is 15.9 Å². The number of hydrogen-bond acceptors (Lipinski definition) is 7. The smallest absolute Gasteiger partial charge is 0.203 e. The highest BCUT2D eigenvalue weighted by atomic mass is 16.5. The number of phenolic OH excluding ortho intramolecular Hbond substituents is 4. The molecule has 2 aromatic rings. The maximum Gasteiger partial charge on any atom is 0.203 e. The molecule has 2 aromatic carbocycles. The van der Waals surface area contributed by atoms with E-state index in [1.165, 1.54) is 25.3 Å². The summed E-state index contributed by atoms with van der Waals surface area (Å²) in [4.78, 5) is 12.7. The van der Waals surface area contributed by atoms with Crippen LogP contribution in [-0.4, -0.2) is 39.9 Å². The Morgan fingerprint density at radius 2 is 1.88 bits per heavy atom. The fourth-order valence-corrected chi connectivity index (χ4v) is 2.77. The number of carbonyl (C=O) groups excluding carboxylic acids is 1. The molecule has 24 heavy (non-hydrogen) atoms. The molecule has 0 spiro atoms. The molecule has 0 amide bonds. The van der Waals surface area contributed by atoms with Crippen molar-refractivity contribution in [1.82, 2.24) is 0 Å². The lowest BCUT2D eigenvalue weighted by Gasteiger charge is -2.25. The summed E-state index contributed by atoms with van der Waals surface area (Å²) in [5, 5.41) is 38.8. The number of rotatable bonds is 3. The predicted octanol–water partition coefficient (Wildman–Crippen LogP) is 1.95. The Hall–Kier alpha value is -3.09. The Bertz CT molecular complexity index is 813. The summed E-state index contributed by atoms with van der Waals surface area (Å²) in [6, 6.07) is 5.53. The predicted molar refractivity (Wildman–Crippen MR) is 83.1 cm³/mol. The van der Waals surface area contributed by atoms with Gasteiger partial charge >= 0.3 is 0 Å². The molecule has 1 heterocycles. The molecule has 0 aliphatic carbocycles. The molecule has 1 atom stereocenters. The lowest BCUT2D eigenvalue weighted by Crippen LogP contribution is -2.29. The minimum Gasteiger partial charge on any atom is -0.504 e. The molecule has 1 aliphatic rings. The topological polar surface area (TPSA) is 116 Å². The first-order valence-corrected chi connectivity index (χ1v) is 7.23. The first-order valence-electron chi connectivity index (χ1n) is 7.23. The molecule has 0 saturated carbocycles. The number of hydrogen-bond donors (Lipinski definition) is 4. The van der Waals surface area contributed by atoms with Gasteiger partial charge in [-0.25, -0.2) is 0 Å². The molecule has 3 rings (SSSR count). The van der Waals surface area contributed by atoms with E-state index in [0.29, 0.717) is 5.56 Å². The van der Waals surface area contributed by atoms with Gasteiger partial charge in [0, 0.05) is 6.07 Å². The minimum absolute atomic E-state index is 0.0381. The Morgan fingerprint density at radius 1 is 1.12 bits per heavy atom. The second-order valence-corrected chi connectivity index (χ2v) is 5.55. The number of methoxy groups -OCH3 is 1. The summed E-state index contributed by atoms with van der Waals surface area (Å²) in [5.74, 6) is -2.31. The second kappa shape index (κ2) is 5.84. The van der Waals surface area contributed by atoms with Crippen LogP contribution in [0, 0.1) is 5.92 Å². The van der Waals surface area contributed by atoms with Crippen LogP contribution >= 0.6 is 0 Å². The largest absolute Gasteiger partial charge is 0.504 e. The maximum absolute atomic E-state index is 12.7. The van der Waals surface area contributed by atoms with Gasteiger partial charge < -0.3 is 29.9 Å². The van der Waals surface area contributed by atoms with Crippen molar-refractivity contribution in [2.75, 3.05) is 13.7 Å². The van der Waals surface area contributed by atoms with Crippen molar-refractivity contribution in [1.29, 1.82) is 0 Å². The van der Waals surface area contributed by atoms with Crippen molar-refractivity contribution in [2.45, 2.75) is 6.42 Å². The molecule has 4 N–H and O–H groups in total. The minimum atomic E-state index is -0.582. The zero-order chi connectivity index (χ0) is 17.4. The van der Waals surface area contributed by atoms with E-state index in [0.717, 1.165) is 0 Å². The Morgan fingerprint density at radius 3 is 2.54 bits per heavy atom. The van der Waals surface area contributed by atoms with Crippen molar-refractivity contribution < 1.29 is 34.7 Å². The summed E-state index contributed by atoms with van der Waals surface area (Å²) in [5.41, 5.74) is 0.602. The third kappa shape index (κ3) is 2.54. The number of benzene rings is 2. The average Bonchev–Trinajstić information content (AvgIpc) is 2.53. The van der Waals surface area contributed by atoms with Crippen LogP contribution in [0.2, 0.25) is 0 Å². The molecular weight excluding hydrogens is 316 g/mol. The lowest BCUT2D eigenvalue weighted by molar-refractivity contribution is 0.0824. The van der Waals surface area contributed by atoms with Crippen LogP contribution in [0.3, 0.4) is 0 Å². The molecule has 0 radical (unpaired) electrons. The third-order valence-electron chi connectivity index (χ3n) is 3.98. The molecule has 0 saturated heterocycles. The molecule has 0 aromatic heterocycles. The number of phenols is 4. The number of aromatic hydroxyl groups is 4. The van der Waals surface area contributed by atoms with Gasteiger partial charge in [-0.2, -0.15) is 0 Å². The van der Waals surface area contributed by atoms with Gasteiger partial charge in [-0.1, -0.05) is 6.07 Å². The molecule has 7 nitrogen and oxygen atoms in total. The van der Waals surface area contributed by atoms with Crippen LogP contribution in [-0.2, 0) is 6.42 Å². The quantitative estimate of drug-likeness (QED) is 0.635. The maximum atomic E-state index is 12.7. The van der Waals surface area contributed by atoms with Gasteiger partial charge in [0.25, 0.3) is 0 Å². The molecule has 7 heteroatoms. The Labute approximate surface area is 137 Å². The summed E-state index contributed by atoms with van der Waals surface area (Å²) in [7, 11) is 1.27. The van der Waals surface area contributed by atoms with Gasteiger partial charge in [0.1, 0.15) is 11.3 Å². The molecule has 0 fully saturated rings. The second-order valence-electron chi connectivity index (χ2n) is 5.55. The van der Waals surface area contributed by atoms with Gasteiger partial charge in [-0.05, 0) is 24.1 Å². The highest BCUT2D eigenvalue weighted by Crippen LogP contribution is 2.46. The lowest BCUT2D eigenvalue weighted by atomic mass is 9.89. The number of ketones is 1. The molecule has 126 valence electrons. The zero-order valence-electron chi connectivity index (χ0n) is 12.8. The van der Waals surface area contributed by atoms with Crippen molar-refractivity contribution in [3.05, 3.63) is 35.4 Å². The van der Waals surface area contributed by atoms with Crippen LogP contribution in [0.15, 0.2) is 24.3 Å². The SMILES string of the molecule is COc1c(O)cc2c(c1O)C(=O)[C@H](Cc1ccc(O)c(O)c1)CO2.